The van der Waals surface area contributed by atoms with Gasteiger partial charge >= 0.3 is 0 Å². The van der Waals surface area contributed by atoms with Crippen molar-refractivity contribution in [3.63, 3.8) is 0 Å². The molecule has 0 radical (unpaired) electrons. The summed E-state index contributed by atoms with van der Waals surface area (Å²) in [6.45, 7) is 4.81. The van der Waals surface area contributed by atoms with E-state index in [0.717, 1.165) is 6.42 Å². The highest BCUT2D eigenvalue weighted by Crippen LogP contribution is 2.47. The normalized spacial score (nSPS) is 40.8. The van der Waals surface area contributed by atoms with Crippen LogP contribution in [0.2, 0.25) is 0 Å². The van der Waals surface area contributed by atoms with Crippen molar-refractivity contribution in [1.82, 2.24) is 4.90 Å². The van der Waals surface area contributed by atoms with Crippen molar-refractivity contribution in [2.24, 2.45) is 17.3 Å². The van der Waals surface area contributed by atoms with Crippen LogP contribution < -0.4 is 0 Å². The van der Waals surface area contributed by atoms with E-state index in [1.807, 2.05) is 0 Å². The molecular weight excluding hydrogens is 216 g/mol. The first-order valence-electron chi connectivity index (χ1n) is 6.37. The number of nitriles is 1. The second-order valence-corrected chi connectivity index (χ2v) is 5.72. The third-order valence-electron chi connectivity index (χ3n) is 4.35. The molecule has 94 valence electrons. The molecule has 1 amide bonds. The van der Waals surface area contributed by atoms with Crippen LogP contribution in [0, 0.1) is 28.6 Å². The smallest absolute Gasteiger partial charge is 0.243 e. The molecule has 2 unspecified atom stereocenters. The van der Waals surface area contributed by atoms with E-state index in [0.29, 0.717) is 31.2 Å². The van der Waals surface area contributed by atoms with Crippen molar-refractivity contribution in [2.75, 3.05) is 13.2 Å². The predicted molar refractivity (Wildman–Crippen MR) is 62.8 cm³/mol. The summed E-state index contributed by atoms with van der Waals surface area (Å²) in [5.41, 5.74) is -0.795. The number of carbonyl (C=O) groups excluding carboxylic acids is 1. The van der Waals surface area contributed by atoms with Gasteiger partial charge in [0, 0.05) is 6.54 Å². The second-order valence-electron chi connectivity index (χ2n) is 5.72. The Morgan fingerprint density at radius 1 is 1.53 bits per heavy atom. The van der Waals surface area contributed by atoms with Crippen molar-refractivity contribution in [1.29, 1.82) is 5.26 Å². The van der Waals surface area contributed by atoms with E-state index in [9.17, 15) is 15.2 Å². The molecule has 17 heavy (non-hydrogen) atoms. The van der Waals surface area contributed by atoms with Crippen LogP contribution in [0.1, 0.15) is 33.1 Å². The summed E-state index contributed by atoms with van der Waals surface area (Å²) in [6.07, 6.45) is 2.27. The maximum Gasteiger partial charge on any atom is 0.243 e. The molecule has 1 aliphatic heterocycles. The van der Waals surface area contributed by atoms with Crippen molar-refractivity contribution in [2.45, 2.75) is 39.2 Å². The van der Waals surface area contributed by atoms with Gasteiger partial charge in [-0.3, -0.25) is 4.79 Å². The van der Waals surface area contributed by atoms with Crippen LogP contribution in [0.3, 0.4) is 0 Å². The van der Waals surface area contributed by atoms with E-state index in [2.05, 4.69) is 19.9 Å². The minimum absolute atomic E-state index is 0.00394. The largest absolute Gasteiger partial charge is 0.394 e. The van der Waals surface area contributed by atoms with E-state index in [4.69, 9.17) is 0 Å². The standard InChI is InChI=1S/C13H20N2O2/c1-9-5-13(6-9,8-14)12(17)15-4-3-10(2)11(15)7-16/h9-11,16H,3-7H2,1-2H3. The number of hydrogen-bond donors (Lipinski definition) is 1. The predicted octanol–water partition coefficient (Wildman–Crippen LogP) is 1.16. The number of hydrogen-bond acceptors (Lipinski definition) is 3. The summed E-state index contributed by atoms with van der Waals surface area (Å²) >= 11 is 0. The Hall–Kier alpha value is -1.08. The minimum Gasteiger partial charge on any atom is -0.394 e. The molecule has 4 nitrogen and oxygen atoms in total. The van der Waals surface area contributed by atoms with Crippen LogP contribution in [0.5, 0.6) is 0 Å². The first-order chi connectivity index (χ1) is 8.04. The van der Waals surface area contributed by atoms with E-state index < -0.39 is 5.41 Å². The van der Waals surface area contributed by atoms with E-state index in [1.165, 1.54) is 0 Å². The van der Waals surface area contributed by atoms with Gasteiger partial charge in [0.1, 0.15) is 5.41 Å². The molecule has 0 aromatic carbocycles. The van der Waals surface area contributed by atoms with Crippen LogP contribution in [0.4, 0.5) is 0 Å². The van der Waals surface area contributed by atoms with Gasteiger partial charge in [-0.15, -0.1) is 0 Å². The zero-order valence-electron chi connectivity index (χ0n) is 10.5. The lowest BCUT2D eigenvalue weighted by Crippen LogP contribution is -2.52. The van der Waals surface area contributed by atoms with E-state index in [1.54, 1.807) is 4.90 Å². The number of aliphatic hydroxyl groups excluding tert-OH is 1. The number of amides is 1. The lowest BCUT2D eigenvalue weighted by molar-refractivity contribution is -0.147. The molecule has 2 atom stereocenters. The molecule has 0 spiro atoms. The molecule has 0 aromatic rings. The van der Waals surface area contributed by atoms with Gasteiger partial charge in [-0.1, -0.05) is 13.8 Å². The van der Waals surface area contributed by atoms with Gasteiger partial charge in [-0.2, -0.15) is 5.26 Å². The molecule has 2 aliphatic rings. The highest BCUT2D eigenvalue weighted by atomic mass is 16.3. The molecule has 2 fully saturated rings. The molecule has 2 rings (SSSR count). The lowest BCUT2D eigenvalue weighted by Gasteiger charge is -2.42. The zero-order valence-corrected chi connectivity index (χ0v) is 10.5. The number of carbonyl (C=O) groups is 1. The fourth-order valence-electron chi connectivity index (χ4n) is 3.26. The maximum atomic E-state index is 12.4. The highest BCUT2D eigenvalue weighted by molar-refractivity contribution is 5.87. The third-order valence-corrected chi connectivity index (χ3v) is 4.35. The molecular formula is C13H20N2O2. The Balaban J connectivity index is 2.13. The minimum atomic E-state index is -0.795. The van der Waals surface area contributed by atoms with E-state index in [-0.39, 0.29) is 18.6 Å². The monoisotopic (exact) mass is 236 g/mol. The third kappa shape index (κ3) is 1.83. The van der Waals surface area contributed by atoms with Gasteiger partial charge in [0.2, 0.25) is 5.91 Å². The molecule has 1 saturated carbocycles. The Morgan fingerprint density at radius 3 is 2.65 bits per heavy atom. The SMILES string of the molecule is CC1CC(C#N)(C(=O)N2CCC(C)C2CO)C1. The quantitative estimate of drug-likeness (QED) is 0.782. The van der Waals surface area contributed by atoms with E-state index >= 15 is 0 Å². The van der Waals surface area contributed by atoms with Crippen molar-refractivity contribution >= 4 is 5.91 Å². The number of likely N-dealkylation sites (tertiary alicyclic amines) is 1. The average molecular weight is 236 g/mol. The summed E-state index contributed by atoms with van der Waals surface area (Å²) < 4.78 is 0. The van der Waals surface area contributed by atoms with Crippen LogP contribution >= 0.6 is 0 Å². The Morgan fingerprint density at radius 2 is 2.18 bits per heavy atom. The molecule has 1 aliphatic carbocycles. The van der Waals surface area contributed by atoms with Crippen LogP contribution in [-0.4, -0.2) is 35.1 Å². The molecule has 4 heteroatoms. The van der Waals surface area contributed by atoms with Gasteiger partial charge in [0.15, 0.2) is 0 Å². The second kappa shape index (κ2) is 4.30. The van der Waals surface area contributed by atoms with Gasteiger partial charge < -0.3 is 10.0 Å². The highest BCUT2D eigenvalue weighted by Gasteiger charge is 2.52. The lowest BCUT2D eigenvalue weighted by atomic mass is 9.62. The van der Waals surface area contributed by atoms with Gasteiger partial charge in [-0.05, 0) is 31.1 Å². The first kappa shape index (κ1) is 12.4. The van der Waals surface area contributed by atoms with Gasteiger partial charge in [0.25, 0.3) is 0 Å². The Bertz CT molecular complexity index is 355. The molecule has 0 bridgehead atoms. The molecule has 1 saturated heterocycles. The van der Waals surface area contributed by atoms with Crippen molar-refractivity contribution in [3.8, 4) is 6.07 Å². The molecule has 1 heterocycles. The summed E-state index contributed by atoms with van der Waals surface area (Å²) in [5.74, 6) is 0.741. The number of nitrogens with zero attached hydrogens (tertiary/aromatic N) is 2. The summed E-state index contributed by atoms with van der Waals surface area (Å²) in [5, 5.41) is 18.6. The topological polar surface area (TPSA) is 64.3 Å². The van der Waals surface area contributed by atoms with Crippen LogP contribution in [0.25, 0.3) is 0 Å². The fraction of sp³-hybridized carbons (Fsp3) is 0.846. The van der Waals surface area contributed by atoms with Crippen molar-refractivity contribution < 1.29 is 9.90 Å². The van der Waals surface area contributed by atoms with Gasteiger partial charge in [0.05, 0.1) is 18.7 Å². The zero-order chi connectivity index (χ0) is 12.6. The summed E-state index contributed by atoms with van der Waals surface area (Å²) in [6, 6.07) is 2.11. The Labute approximate surface area is 102 Å². The Kier molecular flexibility index (Phi) is 3.13. The maximum absolute atomic E-state index is 12.4. The summed E-state index contributed by atoms with van der Waals surface area (Å²) in [7, 11) is 0. The fourth-order valence-corrected chi connectivity index (χ4v) is 3.26. The molecule has 1 N–H and O–H groups in total. The first-order valence-corrected chi connectivity index (χ1v) is 6.37. The average Bonchev–Trinajstić information content (AvgIpc) is 2.64. The summed E-state index contributed by atoms with van der Waals surface area (Å²) in [4.78, 5) is 14.2. The molecule has 0 aromatic heterocycles. The number of aliphatic hydroxyl groups is 1. The van der Waals surface area contributed by atoms with Crippen molar-refractivity contribution in [3.05, 3.63) is 0 Å². The number of rotatable bonds is 2. The van der Waals surface area contributed by atoms with Crippen LogP contribution in [-0.2, 0) is 4.79 Å². The van der Waals surface area contributed by atoms with Crippen LogP contribution in [0.15, 0.2) is 0 Å². The van der Waals surface area contributed by atoms with Gasteiger partial charge in [-0.25, -0.2) is 0 Å².